The third kappa shape index (κ3) is 5.07. The molecule has 11 aromatic rings. The van der Waals surface area contributed by atoms with Crippen LogP contribution in [0, 0.1) is 0 Å². The average molecular weight is 792 g/mol. The first-order valence-corrected chi connectivity index (χ1v) is 21.9. The predicted molar refractivity (Wildman–Crippen MR) is 259 cm³/mol. The average Bonchev–Trinajstić information content (AvgIpc) is 3.95. The molecule has 0 N–H and O–H groups in total. The van der Waals surface area contributed by atoms with Crippen molar-refractivity contribution in [2.24, 2.45) is 0 Å². The zero-order valence-electron chi connectivity index (χ0n) is 33.2. The molecule has 13 rings (SSSR count). The molecule has 1 aromatic heterocycles. The molecular weight excluding hydrogens is 755 g/mol. The number of anilines is 3. The Labute approximate surface area is 359 Å². The fourth-order valence-electron chi connectivity index (χ4n) is 10.6. The van der Waals surface area contributed by atoms with Crippen molar-refractivity contribution >= 4 is 59.3 Å². The van der Waals surface area contributed by atoms with E-state index in [1.807, 2.05) is 11.3 Å². The first-order chi connectivity index (χ1) is 30.2. The van der Waals surface area contributed by atoms with Crippen molar-refractivity contribution in [2.75, 3.05) is 4.90 Å². The Hall–Kier alpha value is -7.52. The van der Waals surface area contributed by atoms with Gasteiger partial charge < -0.3 is 4.90 Å². The lowest BCUT2D eigenvalue weighted by atomic mass is 9.70. The van der Waals surface area contributed by atoms with Crippen LogP contribution in [0.25, 0.3) is 75.5 Å². The molecule has 0 fully saturated rings. The third-order valence-corrected chi connectivity index (χ3v) is 14.4. The van der Waals surface area contributed by atoms with Crippen LogP contribution in [0.4, 0.5) is 17.1 Å². The maximum absolute atomic E-state index is 2.49. The second-order valence-corrected chi connectivity index (χ2v) is 17.5. The molecule has 0 amide bonds. The maximum Gasteiger partial charge on any atom is 0.0726 e. The number of nitrogens with zero attached hydrogens (tertiary/aromatic N) is 1. The second-order valence-electron chi connectivity index (χ2n) is 16.4. The number of fused-ring (bicyclic) bond motifs is 14. The second kappa shape index (κ2) is 13.2. The SMILES string of the molecule is c1cc(-c2ccc3ccccc3c2)cc(N(c2cccc(-c3ccc4sc5ccccc5c4c3)c2)c2ccc3c(c2)C2(c4ccccc4-c4ccccc42)c2ccccc2-3)c1. The van der Waals surface area contributed by atoms with E-state index in [0.717, 1.165) is 17.1 Å². The molecule has 0 saturated heterocycles. The molecule has 0 unspecified atom stereocenters. The summed E-state index contributed by atoms with van der Waals surface area (Å²) in [6.07, 6.45) is 0. The molecule has 2 aliphatic carbocycles. The van der Waals surface area contributed by atoms with Crippen LogP contribution in [0.1, 0.15) is 22.3 Å². The quantitative estimate of drug-likeness (QED) is 0.168. The summed E-state index contributed by atoms with van der Waals surface area (Å²) in [5.74, 6) is 0. The predicted octanol–water partition coefficient (Wildman–Crippen LogP) is 16.4. The van der Waals surface area contributed by atoms with Gasteiger partial charge in [0.2, 0.25) is 0 Å². The molecule has 2 aliphatic rings. The first kappa shape index (κ1) is 34.4. The lowest BCUT2D eigenvalue weighted by Gasteiger charge is -2.32. The molecule has 0 aliphatic heterocycles. The zero-order valence-corrected chi connectivity index (χ0v) is 34.0. The minimum Gasteiger partial charge on any atom is -0.310 e. The van der Waals surface area contributed by atoms with Crippen LogP contribution in [0.2, 0.25) is 0 Å². The first-order valence-electron chi connectivity index (χ1n) is 21.1. The highest BCUT2D eigenvalue weighted by Gasteiger charge is 2.51. The van der Waals surface area contributed by atoms with E-state index in [1.54, 1.807) is 0 Å². The van der Waals surface area contributed by atoms with Gasteiger partial charge in [-0.15, -0.1) is 11.3 Å². The van der Waals surface area contributed by atoms with Crippen molar-refractivity contribution < 1.29 is 0 Å². The van der Waals surface area contributed by atoms with E-state index in [0.29, 0.717) is 0 Å². The summed E-state index contributed by atoms with van der Waals surface area (Å²) in [4.78, 5) is 2.47. The minimum atomic E-state index is -0.436. The number of thiophene rings is 1. The summed E-state index contributed by atoms with van der Waals surface area (Å²) in [6, 6.07) is 83.7. The maximum atomic E-state index is 2.49. The van der Waals surface area contributed by atoms with Gasteiger partial charge in [-0.25, -0.2) is 0 Å². The van der Waals surface area contributed by atoms with Crippen molar-refractivity contribution in [3.05, 3.63) is 247 Å². The molecule has 0 radical (unpaired) electrons. The van der Waals surface area contributed by atoms with Gasteiger partial charge in [-0.05, 0) is 138 Å². The van der Waals surface area contributed by atoms with Crippen molar-refractivity contribution in [3.63, 3.8) is 0 Å². The molecule has 10 aromatic carbocycles. The molecule has 0 bridgehead atoms. The summed E-state index contributed by atoms with van der Waals surface area (Å²) in [5, 5.41) is 5.11. The third-order valence-electron chi connectivity index (χ3n) is 13.2. The van der Waals surface area contributed by atoms with Crippen LogP contribution in [-0.2, 0) is 5.41 Å². The Balaban J connectivity index is 1.03. The van der Waals surface area contributed by atoms with Gasteiger partial charge in [0.05, 0.1) is 5.41 Å². The van der Waals surface area contributed by atoms with Crippen LogP contribution in [0.3, 0.4) is 0 Å². The zero-order chi connectivity index (χ0) is 40.1. The van der Waals surface area contributed by atoms with E-state index >= 15 is 0 Å². The van der Waals surface area contributed by atoms with Gasteiger partial charge >= 0.3 is 0 Å². The van der Waals surface area contributed by atoms with Crippen molar-refractivity contribution in [2.45, 2.75) is 5.41 Å². The molecule has 2 heteroatoms. The summed E-state index contributed by atoms with van der Waals surface area (Å²) < 4.78 is 2.64. The van der Waals surface area contributed by atoms with E-state index in [-0.39, 0.29) is 0 Å². The molecule has 0 atom stereocenters. The Morgan fingerprint density at radius 1 is 0.295 bits per heavy atom. The van der Waals surface area contributed by atoms with E-state index in [9.17, 15) is 0 Å². The van der Waals surface area contributed by atoms with Gasteiger partial charge in [0.25, 0.3) is 0 Å². The molecule has 1 nitrogen and oxygen atoms in total. The molecule has 1 heterocycles. The topological polar surface area (TPSA) is 3.24 Å². The lowest BCUT2D eigenvalue weighted by molar-refractivity contribution is 0.793. The van der Waals surface area contributed by atoms with Crippen LogP contribution in [0.15, 0.2) is 224 Å². The van der Waals surface area contributed by atoms with Crippen LogP contribution >= 0.6 is 11.3 Å². The Kier molecular flexibility index (Phi) is 7.46. The van der Waals surface area contributed by atoms with Gasteiger partial charge in [-0.2, -0.15) is 0 Å². The van der Waals surface area contributed by atoms with Crippen molar-refractivity contribution in [1.82, 2.24) is 0 Å². The number of hydrogen-bond donors (Lipinski definition) is 0. The van der Waals surface area contributed by atoms with Gasteiger partial charge in [0.15, 0.2) is 0 Å². The summed E-state index contributed by atoms with van der Waals surface area (Å²) in [6.45, 7) is 0. The fraction of sp³-hybridized carbons (Fsp3) is 0.0169. The largest absolute Gasteiger partial charge is 0.310 e. The monoisotopic (exact) mass is 791 g/mol. The van der Waals surface area contributed by atoms with E-state index in [2.05, 4.69) is 229 Å². The van der Waals surface area contributed by atoms with Crippen molar-refractivity contribution in [1.29, 1.82) is 0 Å². The van der Waals surface area contributed by atoms with E-state index in [4.69, 9.17) is 0 Å². The van der Waals surface area contributed by atoms with Gasteiger partial charge in [-0.3, -0.25) is 0 Å². The smallest absolute Gasteiger partial charge is 0.0726 e. The molecule has 284 valence electrons. The highest BCUT2D eigenvalue weighted by atomic mass is 32.1. The standard InChI is InChI=1S/C59H37NS/c1-2-14-39-33-42(28-27-38(39)13-1)40-15-11-17-44(34-40)60(45-18-12-16-41(35-45)43-29-32-58-52(36-43)51-22-6-10-26-57(51)61-58)46-30-31-50-49-21-5-9-25-55(49)59(56(50)37-46)53-23-7-3-19-47(53)48-20-4-8-24-54(48)59/h1-37H. The number of hydrogen-bond acceptors (Lipinski definition) is 2. The van der Waals surface area contributed by atoms with Crippen LogP contribution in [0.5, 0.6) is 0 Å². The Morgan fingerprint density at radius 2 is 0.803 bits per heavy atom. The normalized spacial score (nSPS) is 13.0. The van der Waals surface area contributed by atoms with Crippen LogP contribution in [-0.4, -0.2) is 0 Å². The van der Waals surface area contributed by atoms with Crippen molar-refractivity contribution in [3.8, 4) is 44.5 Å². The van der Waals surface area contributed by atoms with Gasteiger partial charge in [0.1, 0.15) is 0 Å². The highest BCUT2D eigenvalue weighted by molar-refractivity contribution is 7.25. The number of benzene rings is 10. The summed E-state index contributed by atoms with van der Waals surface area (Å²) in [5.41, 5.74) is 18.3. The Bertz CT molecular complexity index is 3510. The van der Waals surface area contributed by atoms with Gasteiger partial charge in [0, 0.05) is 37.2 Å². The minimum absolute atomic E-state index is 0.436. The molecular formula is C59H37NS. The molecule has 61 heavy (non-hydrogen) atoms. The van der Waals surface area contributed by atoms with Gasteiger partial charge in [-0.1, -0.05) is 164 Å². The molecule has 0 saturated carbocycles. The lowest BCUT2D eigenvalue weighted by Crippen LogP contribution is -2.26. The highest BCUT2D eigenvalue weighted by Crippen LogP contribution is 2.63. The molecule has 1 spiro atoms. The van der Waals surface area contributed by atoms with E-state index < -0.39 is 5.41 Å². The fourth-order valence-corrected chi connectivity index (χ4v) is 11.7. The summed E-state index contributed by atoms with van der Waals surface area (Å²) >= 11 is 1.86. The number of rotatable bonds is 5. The van der Waals surface area contributed by atoms with Crippen LogP contribution < -0.4 is 4.90 Å². The summed E-state index contributed by atoms with van der Waals surface area (Å²) in [7, 11) is 0. The Morgan fingerprint density at radius 3 is 1.49 bits per heavy atom. The van der Waals surface area contributed by atoms with E-state index in [1.165, 1.54) is 97.7 Å².